The zero-order valence-corrected chi connectivity index (χ0v) is 12.0. The predicted octanol–water partition coefficient (Wildman–Crippen LogP) is 3.09. The van der Waals surface area contributed by atoms with Gasteiger partial charge in [0.2, 0.25) is 5.91 Å². The Hall–Kier alpha value is -1.33. The molecular weight excluding hydrogens is 276 g/mol. The minimum Gasteiger partial charge on any atom is -0.288 e. The number of nitrogens with zero attached hydrogens (tertiary/aromatic N) is 2. The second-order valence-corrected chi connectivity index (χ2v) is 5.84. The first-order valence-corrected chi connectivity index (χ1v) is 7.71. The standard InChI is InChI=1S/C14H14N2OS2/c17-13-6-10(8-18)7-16(13)14-15-12(9-19-14)11-4-2-1-3-5-11/h1-5,9-10,18H,6-8H2. The molecule has 1 aromatic heterocycles. The highest BCUT2D eigenvalue weighted by Crippen LogP contribution is 2.31. The Labute approximate surface area is 121 Å². The molecule has 1 saturated heterocycles. The highest BCUT2D eigenvalue weighted by molar-refractivity contribution is 7.80. The van der Waals surface area contributed by atoms with Crippen molar-refractivity contribution in [2.24, 2.45) is 5.92 Å². The second kappa shape index (κ2) is 5.35. The number of thiol groups is 1. The fraction of sp³-hybridized carbons (Fsp3) is 0.286. The summed E-state index contributed by atoms with van der Waals surface area (Å²) in [5.74, 6) is 1.26. The molecule has 98 valence electrons. The van der Waals surface area contributed by atoms with Gasteiger partial charge in [-0.05, 0) is 11.7 Å². The third kappa shape index (κ3) is 2.53. The SMILES string of the molecule is O=C1CC(CS)CN1c1nc(-c2ccccc2)cs1. The van der Waals surface area contributed by atoms with E-state index in [-0.39, 0.29) is 5.91 Å². The van der Waals surface area contributed by atoms with Crippen molar-refractivity contribution in [1.29, 1.82) is 0 Å². The molecule has 19 heavy (non-hydrogen) atoms. The van der Waals surface area contributed by atoms with Gasteiger partial charge in [-0.25, -0.2) is 4.98 Å². The zero-order chi connectivity index (χ0) is 13.2. The van der Waals surface area contributed by atoms with E-state index in [1.165, 1.54) is 11.3 Å². The zero-order valence-electron chi connectivity index (χ0n) is 10.3. The lowest BCUT2D eigenvalue weighted by Crippen LogP contribution is -2.24. The van der Waals surface area contributed by atoms with Gasteiger partial charge >= 0.3 is 0 Å². The van der Waals surface area contributed by atoms with E-state index in [4.69, 9.17) is 0 Å². The Morgan fingerprint density at radius 3 is 2.84 bits per heavy atom. The molecule has 0 bridgehead atoms. The molecule has 3 nitrogen and oxygen atoms in total. The lowest BCUT2D eigenvalue weighted by molar-refractivity contribution is -0.117. The van der Waals surface area contributed by atoms with Crippen LogP contribution < -0.4 is 4.90 Å². The Morgan fingerprint density at radius 1 is 1.37 bits per heavy atom. The molecule has 0 aliphatic carbocycles. The van der Waals surface area contributed by atoms with E-state index in [2.05, 4.69) is 17.6 Å². The van der Waals surface area contributed by atoms with E-state index in [9.17, 15) is 4.79 Å². The van der Waals surface area contributed by atoms with Crippen LogP contribution in [0.3, 0.4) is 0 Å². The number of carbonyl (C=O) groups is 1. The second-order valence-electron chi connectivity index (χ2n) is 4.64. The van der Waals surface area contributed by atoms with Gasteiger partial charge in [0.05, 0.1) is 5.69 Å². The third-order valence-corrected chi connectivity index (χ3v) is 4.64. The molecule has 1 aromatic carbocycles. The number of thiazole rings is 1. The van der Waals surface area contributed by atoms with Crippen molar-refractivity contribution in [2.45, 2.75) is 6.42 Å². The molecule has 1 amide bonds. The Balaban J connectivity index is 1.84. The van der Waals surface area contributed by atoms with Crippen LogP contribution in [0, 0.1) is 5.92 Å². The van der Waals surface area contributed by atoms with E-state index >= 15 is 0 Å². The van der Waals surface area contributed by atoms with Gasteiger partial charge in [0, 0.05) is 23.9 Å². The molecule has 0 spiro atoms. The topological polar surface area (TPSA) is 33.2 Å². The van der Waals surface area contributed by atoms with E-state index in [1.54, 1.807) is 4.90 Å². The average Bonchev–Trinajstić information content (AvgIpc) is 3.06. The molecule has 2 aromatic rings. The number of rotatable bonds is 3. The maximum Gasteiger partial charge on any atom is 0.229 e. The maximum atomic E-state index is 11.9. The van der Waals surface area contributed by atoms with E-state index < -0.39 is 0 Å². The first-order chi connectivity index (χ1) is 9.28. The van der Waals surface area contributed by atoms with Crippen molar-refractivity contribution in [3.05, 3.63) is 35.7 Å². The van der Waals surface area contributed by atoms with E-state index in [1.807, 2.05) is 35.7 Å². The number of carbonyl (C=O) groups excluding carboxylic acids is 1. The van der Waals surface area contributed by atoms with Crippen molar-refractivity contribution in [1.82, 2.24) is 4.98 Å². The van der Waals surface area contributed by atoms with Crippen LogP contribution in [0.15, 0.2) is 35.7 Å². The maximum absolute atomic E-state index is 11.9. The van der Waals surface area contributed by atoms with Gasteiger partial charge in [-0.3, -0.25) is 9.69 Å². The van der Waals surface area contributed by atoms with Crippen LogP contribution in [0.5, 0.6) is 0 Å². The minimum absolute atomic E-state index is 0.160. The number of hydrogen-bond acceptors (Lipinski definition) is 4. The molecule has 1 aliphatic rings. The molecular formula is C14H14N2OS2. The number of benzene rings is 1. The quantitative estimate of drug-likeness (QED) is 0.881. The van der Waals surface area contributed by atoms with Gasteiger partial charge in [-0.1, -0.05) is 30.3 Å². The molecule has 5 heteroatoms. The van der Waals surface area contributed by atoms with Gasteiger partial charge in [-0.2, -0.15) is 12.6 Å². The van der Waals surface area contributed by atoms with Crippen molar-refractivity contribution < 1.29 is 4.79 Å². The van der Waals surface area contributed by atoms with Crippen LogP contribution in [0.25, 0.3) is 11.3 Å². The predicted molar refractivity (Wildman–Crippen MR) is 81.9 cm³/mol. The number of hydrogen-bond donors (Lipinski definition) is 1. The van der Waals surface area contributed by atoms with Crippen molar-refractivity contribution in [3.8, 4) is 11.3 Å². The summed E-state index contributed by atoms with van der Waals surface area (Å²) in [4.78, 5) is 18.3. The van der Waals surface area contributed by atoms with Gasteiger partial charge in [0.1, 0.15) is 0 Å². The first kappa shape index (κ1) is 12.7. The largest absolute Gasteiger partial charge is 0.288 e. The molecule has 0 N–H and O–H groups in total. The lowest BCUT2D eigenvalue weighted by atomic mass is 10.1. The average molecular weight is 290 g/mol. The monoisotopic (exact) mass is 290 g/mol. The van der Waals surface area contributed by atoms with Crippen LogP contribution in [-0.2, 0) is 4.79 Å². The summed E-state index contributed by atoms with van der Waals surface area (Å²) in [7, 11) is 0. The lowest BCUT2D eigenvalue weighted by Gasteiger charge is -2.11. The Morgan fingerprint density at radius 2 is 2.16 bits per heavy atom. The number of aromatic nitrogens is 1. The minimum atomic E-state index is 0.160. The van der Waals surface area contributed by atoms with E-state index in [0.717, 1.165) is 28.7 Å². The van der Waals surface area contributed by atoms with Crippen molar-refractivity contribution >= 4 is 35.0 Å². The highest BCUT2D eigenvalue weighted by Gasteiger charge is 2.31. The smallest absolute Gasteiger partial charge is 0.229 e. The summed E-state index contributed by atoms with van der Waals surface area (Å²) >= 11 is 5.80. The molecule has 1 atom stereocenters. The molecule has 0 radical (unpaired) electrons. The van der Waals surface area contributed by atoms with Crippen LogP contribution in [0.1, 0.15) is 6.42 Å². The van der Waals surface area contributed by atoms with Crippen LogP contribution >= 0.6 is 24.0 Å². The van der Waals surface area contributed by atoms with Gasteiger partial charge in [-0.15, -0.1) is 11.3 Å². The third-order valence-electron chi connectivity index (χ3n) is 3.26. The number of amides is 1. The van der Waals surface area contributed by atoms with Crippen molar-refractivity contribution in [2.75, 3.05) is 17.2 Å². The van der Waals surface area contributed by atoms with E-state index in [0.29, 0.717) is 12.3 Å². The highest BCUT2D eigenvalue weighted by atomic mass is 32.1. The van der Waals surface area contributed by atoms with Crippen LogP contribution in [0.2, 0.25) is 0 Å². The van der Waals surface area contributed by atoms with Gasteiger partial charge in [0.25, 0.3) is 0 Å². The first-order valence-electron chi connectivity index (χ1n) is 6.20. The van der Waals surface area contributed by atoms with Gasteiger partial charge in [0.15, 0.2) is 5.13 Å². The molecule has 1 unspecified atom stereocenters. The fourth-order valence-corrected chi connectivity index (χ4v) is 3.32. The molecule has 0 saturated carbocycles. The van der Waals surface area contributed by atoms with Crippen LogP contribution in [-0.4, -0.2) is 23.2 Å². The van der Waals surface area contributed by atoms with Crippen molar-refractivity contribution in [3.63, 3.8) is 0 Å². The summed E-state index contributed by atoms with van der Waals surface area (Å²) in [6, 6.07) is 10.0. The summed E-state index contributed by atoms with van der Waals surface area (Å²) in [5.41, 5.74) is 2.02. The molecule has 2 heterocycles. The van der Waals surface area contributed by atoms with Gasteiger partial charge < -0.3 is 0 Å². The molecule has 1 aliphatic heterocycles. The number of anilines is 1. The fourth-order valence-electron chi connectivity index (χ4n) is 2.22. The Kier molecular flexibility index (Phi) is 3.57. The normalized spacial score (nSPS) is 19.1. The Bertz CT molecular complexity index is 582. The summed E-state index contributed by atoms with van der Waals surface area (Å²) < 4.78 is 0. The van der Waals surface area contributed by atoms with Crippen LogP contribution in [0.4, 0.5) is 5.13 Å². The molecule has 3 rings (SSSR count). The summed E-state index contributed by atoms with van der Waals surface area (Å²) in [6.07, 6.45) is 0.587. The summed E-state index contributed by atoms with van der Waals surface area (Å²) in [5, 5.41) is 2.81. The molecule has 1 fully saturated rings. The summed E-state index contributed by atoms with van der Waals surface area (Å²) in [6.45, 7) is 0.740.